The second kappa shape index (κ2) is 9.75. The van der Waals surface area contributed by atoms with E-state index < -0.39 is 13.9 Å². The molecule has 172 valence electrons. The first kappa shape index (κ1) is 25.4. The lowest BCUT2D eigenvalue weighted by Gasteiger charge is -2.36. The zero-order valence-corrected chi connectivity index (χ0v) is 21.7. The molecule has 6 nitrogen and oxygen atoms in total. The number of nitrogens with zero attached hydrogens (tertiary/aromatic N) is 2. The van der Waals surface area contributed by atoms with Crippen molar-refractivity contribution >= 4 is 19.9 Å². The highest BCUT2D eigenvalue weighted by molar-refractivity contribution is 6.74. The topological polar surface area (TPSA) is 62.6 Å². The summed E-state index contributed by atoms with van der Waals surface area (Å²) in [6, 6.07) is 7.63. The number of ether oxygens (including phenoxy) is 2. The van der Waals surface area contributed by atoms with Crippen LogP contribution in [0.3, 0.4) is 0 Å². The maximum Gasteiger partial charge on any atom is 0.289 e. The Kier molecular flexibility index (Phi) is 8.00. The zero-order valence-electron chi connectivity index (χ0n) is 19.9. The molecular formula is C23H35ClN2O4Si. The minimum absolute atomic E-state index is 0.0279. The van der Waals surface area contributed by atoms with Gasteiger partial charge in [-0.25, -0.2) is 4.68 Å². The number of halogens is 1. The maximum atomic E-state index is 12.4. The van der Waals surface area contributed by atoms with Crippen LogP contribution < -0.4 is 15.0 Å². The molecule has 0 aliphatic heterocycles. The van der Waals surface area contributed by atoms with Gasteiger partial charge >= 0.3 is 0 Å². The van der Waals surface area contributed by atoms with Crippen molar-refractivity contribution in [3.8, 4) is 11.5 Å². The average Bonchev–Trinajstić information content (AvgIpc) is 2.65. The van der Waals surface area contributed by atoms with Gasteiger partial charge in [-0.15, -0.1) is 0 Å². The summed E-state index contributed by atoms with van der Waals surface area (Å²) in [4.78, 5) is 12.4. The summed E-state index contributed by atoms with van der Waals surface area (Å²) in [5.41, 5.74) is 0.0727. The van der Waals surface area contributed by atoms with Crippen molar-refractivity contribution in [2.45, 2.75) is 71.8 Å². The van der Waals surface area contributed by atoms with Crippen molar-refractivity contribution in [3.05, 3.63) is 51.4 Å². The van der Waals surface area contributed by atoms with Crippen molar-refractivity contribution in [3.63, 3.8) is 0 Å². The van der Waals surface area contributed by atoms with Crippen LogP contribution in [0.2, 0.25) is 23.2 Å². The molecule has 0 aliphatic carbocycles. The summed E-state index contributed by atoms with van der Waals surface area (Å²) in [5.74, 6) is 1.01. The molecule has 0 saturated carbocycles. The Labute approximate surface area is 191 Å². The van der Waals surface area contributed by atoms with Gasteiger partial charge in [0.1, 0.15) is 19.0 Å². The van der Waals surface area contributed by atoms with Crippen LogP contribution in [0.1, 0.15) is 47.1 Å². The summed E-state index contributed by atoms with van der Waals surface area (Å²) >= 11 is 6.22. The van der Waals surface area contributed by atoms with Crippen LogP contribution in [0.4, 0.5) is 0 Å². The van der Waals surface area contributed by atoms with Gasteiger partial charge in [-0.3, -0.25) is 4.79 Å². The molecule has 8 heteroatoms. The lowest BCUT2D eigenvalue weighted by molar-refractivity contribution is 0.203. The molecule has 1 heterocycles. The van der Waals surface area contributed by atoms with Crippen molar-refractivity contribution in [1.29, 1.82) is 0 Å². The minimum atomic E-state index is -1.78. The Balaban J connectivity index is 1.95. The fourth-order valence-corrected chi connectivity index (χ4v) is 3.77. The Bertz CT molecular complexity index is 946. The van der Waals surface area contributed by atoms with E-state index in [1.807, 2.05) is 45.0 Å². The molecule has 0 spiro atoms. The van der Waals surface area contributed by atoms with E-state index >= 15 is 0 Å². The van der Waals surface area contributed by atoms with E-state index in [0.29, 0.717) is 13.2 Å². The van der Waals surface area contributed by atoms with E-state index in [0.717, 1.165) is 11.3 Å². The first-order valence-corrected chi connectivity index (χ1v) is 13.8. The fraction of sp³-hybridized carbons (Fsp3) is 0.565. The van der Waals surface area contributed by atoms with E-state index in [2.05, 4.69) is 39.0 Å². The van der Waals surface area contributed by atoms with E-state index in [1.54, 1.807) is 0 Å². The average molecular weight is 467 g/mol. The van der Waals surface area contributed by atoms with Crippen LogP contribution in [0.15, 0.2) is 35.3 Å². The Morgan fingerprint density at radius 2 is 1.74 bits per heavy atom. The molecule has 0 saturated heterocycles. The van der Waals surface area contributed by atoms with Crippen LogP contribution in [0.25, 0.3) is 0 Å². The smallest absolute Gasteiger partial charge is 0.289 e. The summed E-state index contributed by atoms with van der Waals surface area (Å²) in [6.45, 7) is 18.1. The molecular weight excluding hydrogens is 432 g/mol. The fourth-order valence-electron chi connectivity index (χ4n) is 2.56. The van der Waals surface area contributed by atoms with Gasteiger partial charge in [-0.1, -0.05) is 44.5 Å². The van der Waals surface area contributed by atoms with Crippen molar-refractivity contribution in [2.24, 2.45) is 0 Å². The summed E-state index contributed by atoms with van der Waals surface area (Å²) in [6.07, 6.45) is 1.48. The highest BCUT2D eigenvalue weighted by Gasteiger charge is 2.36. The molecule has 1 aromatic heterocycles. The number of aromatic nitrogens is 2. The van der Waals surface area contributed by atoms with Gasteiger partial charge in [0.2, 0.25) is 0 Å². The number of hydrogen-bond donors (Lipinski definition) is 0. The highest BCUT2D eigenvalue weighted by Crippen LogP contribution is 2.36. The highest BCUT2D eigenvalue weighted by atomic mass is 35.5. The van der Waals surface area contributed by atoms with Gasteiger partial charge in [0.25, 0.3) is 5.56 Å². The van der Waals surface area contributed by atoms with E-state index in [1.165, 1.54) is 10.9 Å². The second-order valence-electron chi connectivity index (χ2n) is 10.1. The predicted octanol–water partition coefficient (Wildman–Crippen LogP) is 5.63. The molecule has 0 N–H and O–H groups in total. The maximum absolute atomic E-state index is 12.4. The number of benzene rings is 1. The Hall–Kier alpha value is -1.83. The van der Waals surface area contributed by atoms with Crippen LogP contribution in [0, 0.1) is 0 Å². The molecule has 2 rings (SSSR count). The number of hydrogen-bond acceptors (Lipinski definition) is 5. The molecule has 2 aromatic rings. The van der Waals surface area contributed by atoms with Gasteiger partial charge in [-0.2, -0.15) is 5.10 Å². The summed E-state index contributed by atoms with van der Waals surface area (Å²) in [5, 5.41) is 4.39. The molecule has 0 bridgehead atoms. The first-order chi connectivity index (χ1) is 14.2. The van der Waals surface area contributed by atoms with Crippen LogP contribution in [0.5, 0.6) is 11.5 Å². The quantitative estimate of drug-likeness (QED) is 0.372. The van der Waals surface area contributed by atoms with Gasteiger partial charge in [0.05, 0.1) is 18.3 Å². The van der Waals surface area contributed by atoms with Gasteiger partial charge < -0.3 is 13.9 Å². The van der Waals surface area contributed by atoms with Crippen molar-refractivity contribution in [2.75, 3.05) is 13.2 Å². The predicted molar refractivity (Wildman–Crippen MR) is 128 cm³/mol. The van der Waals surface area contributed by atoms with Crippen LogP contribution in [-0.2, 0) is 16.6 Å². The Morgan fingerprint density at radius 1 is 1.06 bits per heavy atom. The van der Waals surface area contributed by atoms with E-state index in [-0.39, 0.29) is 28.0 Å². The molecule has 0 aliphatic rings. The van der Waals surface area contributed by atoms with Crippen LogP contribution in [-0.4, -0.2) is 31.3 Å². The monoisotopic (exact) mass is 466 g/mol. The van der Waals surface area contributed by atoms with Crippen molar-refractivity contribution < 1.29 is 13.9 Å². The summed E-state index contributed by atoms with van der Waals surface area (Å²) < 4.78 is 19.1. The van der Waals surface area contributed by atoms with Crippen molar-refractivity contribution in [1.82, 2.24) is 9.78 Å². The summed E-state index contributed by atoms with van der Waals surface area (Å²) in [7, 11) is -1.78. The molecule has 0 atom stereocenters. The zero-order chi connectivity index (χ0) is 23.4. The molecule has 0 fully saturated rings. The number of rotatable bonds is 8. The molecule has 0 unspecified atom stereocenters. The van der Waals surface area contributed by atoms with E-state index in [9.17, 15) is 4.79 Å². The minimum Gasteiger partial charge on any atom is -0.491 e. The SMILES string of the molecule is CC(C)(C)n1ncc(OCc2cccc(OCCO[Si](C)(C)C(C)(C)C)c2)c(Cl)c1=O. The Morgan fingerprint density at radius 3 is 2.35 bits per heavy atom. The second-order valence-corrected chi connectivity index (χ2v) is 15.3. The standard InChI is InChI=1S/C23H35ClN2O4Si/c1-22(2,3)26-21(27)20(24)19(15-25-26)29-16-17-10-9-11-18(14-17)28-12-13-30-31(7,8)23(4,5)6/h9-11,14-15H,12-13,16H2,1-8H3. The molecule has 0 radical (unpaired) electrons. The third kappa shape index (κ3) is 6.82. The van der Waals surface area contributed by atoms with Gasteiger partial charge in [0.15, 0.2) is 19.1 Å². The van der Waals surface area contributed by atoms with Gasteiger partial charge in [0, 0.05) is 0 Å². The third-order valence-corrected chi connectivity index (χ3v) is 10.3. The molecule has 31 heavy (non-hydrogen) atoms. The van der Waals surface area contributed by atoms with E-state index in [4.69, 9.17) is 25.5 Å². The first-order valence-electron chi connectivity index (χ1n) is 10.5. The lowest BCUT2D eigenvalue weighted by Crippen LogP contribution is -2.41. The molecule has 0 amide bonds. The van der Waals surface area contributed by atoms with Crippen LogP contribution >= 0.6 is 11.6 Å². The normalized spacial score (nSPS) is 12.7. The largest absolute Gasteiger partial charge is 0.491 e. The lowest BCUT2D eigenvalue weighted by atomic mass is 10.1. The molecule has 1 aromatic carbocycles. The van der Waals surface area contributed by atoms with Gasteiger partial charge in [-0.05, 0) is 56.6 Å². The third-order valence-electron chi connectivity index (χ3n) is 5.44.